The van der Waals surface area contributed by atoms with E-state index in [9.17, 15) is 4.39 Å². The predicted molar refractivity (Wildman–Crippen MR) is 62.0 cm³/mol. The minimum atomic E-state index is -0.336. The van der Waals surface area contributed by atoms with Crippen molar-refractivity contribution in [2.24, 2.45) is 0 Å². The summed E-state index contributed by atoms with van der Waals surface area (Å²) in [5.74, 6) is -0.0830. The first-order valence-electron chi connectivity index (χ1n) is 4.70. The fourth-order valence-corrected chi connectivity index (χ4v) is 1.76. The Labute approximate surface area is 101 Å². The first kappa shape index (κ1) is 11.1. The molecule has 0 aliphatic carbocycles. The van der Waals surface area contributed by atoms with E-state index >= 15 is 0 Å². The van der Waals surface area contributed by atoms with E-state index in [1.807, 2.05) is 0 Å². The molecule has 3 nitrogen and oxygen atoms in total. The fourth-order valence-electron chi connectivity index (χ4n) is 1.44. The second-order valence-electron chi connectivity index (χ2n) is 3.29. The number of aromatic nitrogens is 2. The zero-order valence-electron chi connectivity index (χ0n) is 8.65. The highest BCUT2D eigenvalue weighted by molar-refractivity contribution is 9.10. The van der Waals surface area contributed by atoms with Crippen LogP contribution in [0.1, 0.15) is 5.56 Å². The van der Waals surface area contributed by atoms with Crippen molar-refractivity contribution in [1.82, 2.24) is 9.78 Å². The van der Waals surface area contributed by atoms with Gasteiger partial charge in [-0.15, -0.1) is 0 Å². The van der Waals surface area contributed by atoms with Crippen molar-refractivity contribution >= 4 is 15.9 Å². The van der Waals surface area contributed by atoms with Crippen LogP contribution in [0.25, 0.3) is 0 Å². The second kappa shape index (κ2) is 4.65. The minimum Gasteiger partial charge on any atom is -0.494 e. The summed E-state index contributed by atoms with van der Waals surface area (Å²) in [6, 6.07) is 5.07. The third-order valence-corrected chi connectivity index (χ3v) is 2.61. The molecule has 0 aliphatic rings. The fraction of sp³-hybridized carbons (Fsp3) is 0.182. The van der Waals surface area contributed by atoms with Crippen LogP contribution < -0.4 is 4.74 Å². The maximum Gasteiger partial charge on any atom is 0.170 e. The van der Waals surface area contributed by atoms with E-state index in [-0.39, 0.29) is 11.6 Å². The third-order valence-electron chi connectivity index (χ3n) is 2.20. The summed E-state index contributed by atoms with van der Waals surface area (Å²) in [6.07, 6.45) is 3.46. The van der Waals surface area contributed by atoms with E-state index in [4.69, 9.17) is 4.74 Å². The van der Waals surface area contributed by atoms with Crippen LogP contribution in [-0.4, -0.2) is 16.9 Å². The van der Waals surface area contributed by atoms with Crippen LogP contribution in [0, 0.1) is 5.82 Å². The molecule has 2 aromatic rings. The number of methoxy groups -OCH3 is 1. The summed E-state index contributed by atoms with van der Waals surface area (Å²) in [5, 5.41) is 4.07. The van der Waals surface area contributed by atoms with Crippen LogP contribution in [0.15, 0.2) is 35.1 Å². The van der Waals surface area contributed by atoms with Crippen LogP contribution in [0.5, 0.6) is 5.75 Å². The molecule has 0 bridgehead atoms. The average molecular weight is 285 g/mol. The zero-order chi connectivity index (χ0) is 11.5. The van der Waals surface area contributed by atoms with Crippen LogP contribution >= 0.6 is 15.9 Å². The van der Waals surface area contributed by atoms with Gasteiger partial charge in [0.1, 0.15) is 0 Å². The second-order valence-corrected chi connectivity index (χ2v) is 4.21. The number of hydrogen-bond acceptors (Lipinski definition) is 2. The predicted octanol–water partition coefficient (Wildman–Crippen LogP) is 2.84. The van der Waals surface area contributed by atoms with Crippen molar-refractivity contribution in [1.29, 1.82) is 0 Å². The van der Waals surface area contributed by atoms with Crippen molar-refractivity contribution in [2.75, 3.05) is 7.11 Å². The van der Waals surface area contributed by atoms with Crippen LogP contribution in [0.2, 0.25) is 0 Å². The van der Waals surface area contributed by atoms with Crippen LogP contribution in [0.4, 0.5) is 4.39 Å². The van der Waals surface area contributed by atoms with Crippen molar-refractivity contribution in [3.8, 4) is 5.75 Å². The van der Waals surface area contributed by atoms with E-state index in [1.165, 1.54) is 7.11 Å². The lowest BCUT2D eigenvalue weighted by Gasteiger charge is -2.07. The molecule has 1 aromatic carbocycles. The number of hydrogen-bond donors (Lipinski definition) is 0. The van der Waals surface area contributed by atoms with Gasteiger partial charge in [0.05, 0.1) is 24.3 Å². The summed E-state index contributed by atoms with van der Waals surface area (Å²) in [7, 11) is 1.45. The highest BCUT2D eigenvalue weighted by Crippen LogP contribution is 2.20. The lowest BCUT2D eigenvalue weighted by atomic mass is 10.2. The molecule has 0 fully saturated rings. The van der Waals surface area contributed by atoms with Gasteiger partial charge in [0.25, 0.3) is 0 Å². The smallest absolute Gasteiger partial charge is 0.170 e. The largest absolute Gasteiger partial charge is 0.494 e. The first-order chi connectivity index (χ1) is 7.70. The molecule has 0 saturated heterocycles. The average Bonchev–Trinajstić information content (AvgIpc) is 2.67. The Bertz CT molecular complexity index is 498. The molecule has 0 amide bonds. The Morgan fingerprint density at radius 3 is 2.94 bits per heavy atom. The molecule has 0 aliphatic heterocycles. The minimum absolute atomic E-state index is 0.253. The van der Waals surface area contributed by atoms with Gasteiger partial charge >= 0.3 is 0 Å². The Morgan fingerprint density at radius 2 is 2.31 bits per heavy atom. The van der Waals surface area contributed by atoms with Gasteiger partial charge in [0.15, 0.2) is 11.6 Å². The molecular formula is C11H10BrFN2O. The number of ether oxygens (including phenoxy) is 1. The molecule has 5 heteroatoms. The molecule has 84 valence electrons. The number of benzene rings is 1. The standard InChI is InChI=1S/C11H10BrFN2O/c1-16-10-4-2-3-8(11(10)13)6-15-7-9(12)5-14-15/h2-5,7H,6H2,1H3. The van der Waals surface area contributed by atoms with Gasteiger partial charge in [-0.2, -0.15) is 5.10 Å². The molecule has 0 radical (unpaired) electrons. The lowest BCUT2D eigenvalue weighted by molar-refractivity contribution is 0.383. The first-order valence-corrected chi connectivity index (χ1v) is 5.49. The molecule has 1 aromatic heterocycles. The molecule has 0 spiro atoms. The summed E-state index contributed by atoms with van der Waals surface area (Å²) in [6.45, 7) is 0.384. The van der Waals surface area contributed by atoms with Crippen LogP contribution in [-0.2, 0) is 6.54 Å². The Morgan fingerprint density at radius 1 is 1.50 bits per heavy atom. The van der Waals surface area contributed by atoms with Crippen molar-refractivity contribution in [3.05, 3.63) is 46.4 Å². The van der Waals surface area contributed by atoms with E-state index in [0.29, 0.717) is 12.1 Å². The third kappa shape index (κ3) is 2.24. The summed E-state index contributed by atoms with van der Waals surface area (Å²) < 4.78 is 21.2. The highest BCUT2D eigenvalue weighted by Gasteiger charge is 2.08. The molecule has 0 atom stereocenters. The Hall–Kier alpha value is -1.36. The molecular weight excluding hydrogens is 275 g/mol. The van der Waals surface area contributed by atoms with Gasteiger partial charge in [-0.05, 0) is 22.0 Å². The van der Waals surface area contributed by atoms with Gasteiger partial charge in [-0.3, -0.25) is 4.68 Å². The summed E-state index contributed by atoms with van der Waals surface area (Å²) >= 11 is 3.29. The maximum absolute atomic E-state index is 13.8. The van der Waals surface area contributed by atoms with Crippen LogP contribution in [0.3, 0.4) is 0 Å². The topological polar surface area (TPSA) is 27.1 Å². The molecule has 0 N–H and O–H groups in total. The Kier molecular flexibility index (Phi) is 3.24. The number of rotatable bonds is 3. The molecule has 16 heavy (non-hydrogen) atoms. The SMILES string of the molecule is COc1cccc(Cn2cc(Br)cn2)c1F. The summed E-state index contributed by atoms with van der Waals surface area (Å²) in [5.41, 5.74) is 0.551. The van der Waals surface area contributed by atoms with Gasteiger partial charge in [-0.1, -0.05) is 12.1 Å². The van der Waals surface area contributed by atoms with E-state index < -0.39 is 0 Å². The molecule has 0 unspecified atom stereocenters. The van der Waals surface area contributed by atoms with E-state index in [2.05, 4.69) is 21.0 Å². The van der Waals surface area contributed by atoms with Gasteiger partial charge in [0, 0.05) is 11.8 Å². The van der Waals surface area contributed by atoms with Gasteiger partial charge < -0.3 is 4.74 Å². The van der Waals surface area contributed by atoms with Crippen molar-refractivity contribution in [2.45, 2.75) is 6.54 Å². The molecule has 2 rings (SSSR count). The Balaban J connectivity index is 2.28. The highest BCUT2D eigenvalue weighted by atomic mass is 79.9. The van der Waals surface area contributed by atoms with E-state index in [1.54, 1.807) is 35.3 Å². The zero-order valence-corrected chi connectivity index (χ0v) is 10.2. The van der Waals surface area contributed by atoms with Gasteiger partial charge in [-0.25, -0.2) is 4.39 Å². The number of nitrogens with zero attached hydrogens (tertiary/aromatic N) is 2. The molecule has 1 heterocycles. The normalized spacial score (nSPS) is 10.4. The molecule has 0 saturated carbocycles. The van der Waals surface area contributed by atoms with Crippen molar-refractivity contribution < 1.29 is 9.13 Å². The summed E-state index contributed by atoms with van der Waals surface area (Å²) in [4.78, 5) is 0. The quantitative estimate of drug-likeness (QED) is 0.867. The van der Waals surface area contributed by atoms with Crippen molar-refractivity contribution in [3.63, 3.8) is 0 Å². The monoisotopic (exact) mass is 284 g/mol. The number of halogens is 2. The van der Waals surface area contributed by atoms with E-state index in [0.717, 1.165) is 4.47 Å². The lowest BCUT2D eigenvalue weighted by Crippen LogP contribution is -2.03. The maximum atomic E-state index is 13.8. The van der Waals surface area contributed by atoms with Gasteiger partial charge in [0.2, 0.25) is 0 Å².